The van der Waals surface area contributed by atoms with Gasteiger partial charge in [0.1, 0.15) is 5.75 Å². The van der Waals surface area contributed by atoms with Gasteiger partial charge in [-0.3, -0.25) is 4.79 Å². The van der Waals surface area contributed by atoms with E-state index in [4.69, 9.17) is 4.74 Å². The molecule has 2 bridgehead atoms. The summed E-state index contributed by atoms with van der Waals surface area (Å²) in [6.45, 7) is 6.19. The number of rotatable bonds is 5. The van der Waals surface area contributed by atoms with E-state index in [1.165, 1.54) is 18.4 Å². The lowest BCUT2D eigenvalue weighted by atomic mass is 9.98. The lowest BCUT2D eigenvalue weighted by Crippen LogP contribution is -2.41. The molecule has 0 spiro atoms. The minimum Gasteiger partial charge on any atom is -0.483 e. The number of amides is 1. The van der Waals surface area contributed by atoms with E-state index < -0.39 is 0 Å². The van der Waals surface area contributed by atoms with Crippen LogP contribution in [0.15, 0.2) is 24.3 Å². The molecule has 5 heteroatoms. The fourth-order valence-electron chi connectivity index (χ4n) is 3.64. The molecule has 0 aliphatic carbocycles. The van der Waals surface area contributed by atoms with Crippen molar-refractivity contribution in [3.63, 3.8) is 0 Å². The van der Waals surface area contributed by atoms with E-state index >= 15 is 0 Å². The number of carbonyl (C=O) groups is 1. The molecular weight excluding hydrogens is 324 g/mol. The average molecular weight is 353 g/mol. The first kappa shape index (κ1) is 19.1. The Kier molecular flexibility index (Phi) is 6.93. The van der Waals surface area contributed by atoms with E-state index in [-0.39, 0.29) is 24.9 Å². The first-order valence-electron chi connectivity index (χ1n) is 8.93. The molecule has 24 heavy (non-hydrogen) atoms. The molecular formula is C19H29ClN2O2. The maximum absolute atomic E-state index is 12.5. The molecule has 2 aliphatic rings. The van der Waals surface area contributed by atoms with Crippen molar-refractivity contribution < 1.29 is 9.53 Å². The summed E-state index contributed by atoms with van der Waals surface area (Å²) in [5.41, 5.74) is 1.19. The highest BCUT2D eigenvalue weighted by molar-refractivity contribution is 5.85. The van der Waals surface area contributed by atoms with Crippen LogP contribution in [0.3, 0.4) is 0 Å². The molecule has 1 aromatic rings. The third-order valence-corrected chi connectivity index (χ3v) is 5.29. The van der Waals surface area contributed by atoms with Gasteiger partial charge in [0, 0.05) is 25.2 Å². The number of hydrogen-bond donors (Lipinski definition) is 1. The molecule has 1 N–H and O–H groups in total. The van der Waals surface area contributed by atoms with Crippen molar-refractivity contribution in [2.75, 3.05) is 19.7 Å². The van der Waals surface area contributed by atoms with Crippen molar-refractivity contribution in [1.29, 1.82) is 0 Å². The maximum atomic E-state index is 12.5. The van der Waals surface area contributed by atoms with E-state index in [0.29, 0.717) is 18.0 Å². The van der Waals surface area contributed by atoms with Crippen LogP contribution < -0.4 is 10.1 Å². The van der Waals surface area contributed by atoms with Gasteiger partial charge in [0.2, 0.25) is 0 Å². The number of fused-ring (bicyclic) bond motifs is 2. The topological polar surface area (TPSA) is 41.6 Å². The minimum atomic E-state index is 0. The second-order valence-electron chi connectivity index (χ2n) is 6.90. The van der Waals surface area contributed by atoms with Crippen molar-refractivity contribution in [2.24, 2.45) is 0 Å². The van der Waals surface area contributed by atoms with Crippen LogP contribution in [0, 0.1) is 0 Å². The molecule has 2 fully saturated rings. The van der Waals surface area contributed by atoms with Crippen LogP contribution >= 0.6 is 12.4 Å². The van der Waals surface area contributed by atoms with Crippen LogP contribution in [-0.4, -0.2) is 42.6 Å². The van der Waals surface area contributed by atoms with E-state index in [9.17, 15) is 4.79 Å². The third-order valence-electron chi connectivity index (χ3n) is 5.29. The van der Waals surface area contributed by atoms with Crippen LogP contribution in [-0.2, 0) is 4.79 Å². The molecule has 0 aromatic heterocycles. The molecule has 0 saturated carbocycles. The summed E-state index contributed by atoms with van der Waals surface area (Å²) in [5.74, 6) is 1.40. The number of benzene rings is 1. The molecule has 2 heterocycles. The molecule has 1 aromatic carbocycles. The largest absolute Gasteiger partial charge is 0.483 e. The monoisotopic (exact) mass is 352 g/mol. The highest BCUT2D eigenvalue weighted by Crippen LogP contribution is 2.28. The first-order chi connectivity index (χ1) is 11.2. The predicted octanol–water partition coefficient (Wildman–Crippen LogP) is 3.35. The van der Waals surface area contributed by atoms with Crippen LogP contribution in [0.4, 0.5) is 0 Å². The molecule has 0 radical (unpaired) electrons. The number of hydrogen-bond acceptors (Lipinski definition) is 3. The number of likely N-dealkylation sites (tertiary alicyclic amines) is 1. The predicted molar refractivity (Wildman–Crippen MR) is 99.0 cm³/mol. The fraction of sp³-hybridized carbons (Fsp3) is 0.632. The van der Waals surface area contributed by atoms with Gasteiger partial charge in [-0.2, -0.15) is 0 Å². The Hall–Kier alpha value is -1.26. The molecule has 3 unspecified atom stereocenters. The van der Waals surface area contributed by atoms with Crippen LogP contribution in [0.2, 0.25) is 0 Å². The second kappa shape index (κ2) is 8.72. The van der Waals surface area contributed by atoms with Gasteiger partial charge in [0.25, 0.3) is 5.91 Å². The highest BCUT2D eigenvalue weighted by atomic mass is 35.5. The minimum absolute atomic E-state index is 0. The standard InChI is InChI=1S/C19H28N2O2.ClH/c1-3-14(2)17-6-4-5-7-18(17)23-13-19(22)21-11-10-15-8-9-16(12-21)20-15;/h4-7,14-16,20H,3,8-13H2,1-2H3;1H. The van der Waals surface area contributed by atoms with Crippen molar-refractivity contribution in [3.8, 4) is 5.75 Å². The van der Waals surface area contributed by atoms with Gasteiger partial charge in [-0.15, -0.1) is 12.4 Å². The first-order valence-corrected chi connectivity index (χ1v) is 8.93. The molecule has 4 nitrogen and oxygen atoms in total. The van der Waals surface area contributed by atoms with Gasteiger partial charge < -0.3 is 15.0 Å². The Morgan fingerprint density at radius 2 is 2.04 bits per heavy atom. The van der Waals surface area contributed by atoms with Crippen LogP contribution in [0.5, 0.6) is 5.75 Å². The summed E-state index contributed by atoms with van der Waals surface area (Å²) in [6, 6.07) is 9.15. The Balaban J connectivity index is 0.00000208. The van der Waals surface area contributed by atoms with Gasteiger partial charge in [0.15, 0.2) is 6.61 Å². The summed E-state index contributed by atoms with van der Waals surface area (Å²) in [7, 11) is 0. The van der Waals surface area contributed by atoms with E-state index in [1.807, 2.05) is 23.1 Å². The van der Waals surface area contributed by atoms with Gasteiger partial charge in [-0.1, -0.05) is 32.0 Å². The van der Waals surface area contributed by atoms with Gasteiger partial charge in [-0.05, 0) is 43.2 Å². The number of para-hydroxylation sites is 1. The molecule has 2 saturated heterocycles. The Bertz CT molecular complexity index is 552. The molecule has 3 rings (SSSR count). The smallest absolute Gasteiger partial charge is 0.260 e. The van der Waals surface area contributed by atoms with Gasteiger partial charge in [0.05, 0.1) is 0 Å². The molecule has 3 atom stereocenters. The average Bonchev–Trinajstić information content (AvgIpc) is 2.91. The second-order valence-corrected chi connectivity index (χ2v) is 6.90. The normalized spacial score (nSPS) is 24.0. The third kappa shape index (κ3) is 4.42. The number of nitrogens with one attached hydrogen (secondary N) is 1. The summed E-state index contributed by atoms with van der Waals surface area (Å²) >= 11 is 0. The molecule has 134 valence electrons. The van der Waals surface area contributed by atoms with Crippen molar-refractivity contribution in [1.82, 2.24) is 10.2 Å². The summed E-state index contributed by atoms with van der Waals surface area (Å²) in [6.07, 6.45) is 4.57. The quantitative estimate of drug-likeness (QED) is 0.883. The number of carbonyl (C=O) groups excluding carboxylic acids is 1. The number of nitrogens with zero attached hydrogens (tertiary/aromatic N) is 1. The van der Waals surface area contributed by atoms with Gasteiger partial charge in [-0.25, -0.2) is 0 Å². The molecule has 2 aliphatic heterocycles. The zero-order valence-corrected chi connectivity index (χ0v) is 15.5. The Morgan fingerprint density at radius 1 is 1.29 bits per heavy atom. The summed E-state index contributed by atoms with van der Waals surface area (Å²) < 4.78 is 5.88. The lowest BCUT2D eigenvalue weighted by Gasteiger charge is -2.24. The van der Waals surface area contributed by atoms with Crippen LogP contribution in [0.25, 0.3) is 0 Å². The zero-order valence-electron chi connectivity index (χ0n) is 14.7. The zero-order chi connectivity index (χ0) is 16.2. The highest BCUT2D eigenvalue weighted by Gasteiger charge is 2.31. The number of halogens is 1. The van der Waals surface area contributed by atoms with E-state index in [0.717, 1.165) is 31.7 Å². The summed E-state index contributed by atoms with van der Waals surface area (Å²) in [5, 5.41) is 3.61. The van der Waals surface area contributed by atoms with E-state index in [2.05, 4.69) is 25.2 Å². The molecule has 1 amide bonds. The van der Waals surface area contributed by atoms with E-state index in [1.54, 1.807) is 0 Å². The van der Waals surface area contributed by atoms with Gasteiger partial charge >= 0.3 is 0 Å². The SMILES string of the molecule is CCC(C)c1ccccc1OCC(=O)N1CCC2CCC(C1)N2.Cl. The van der Waals surface area contributed by atoms with Crippen molar-refractivity contribution in [2.45, 2.75) is 57.5 Å². The summed E-state index contributed by atoms with van der Waals surface area (Å²) in [4.78, 5) is 14.5. The number of ether oxygens (including phenoxy) is 1. The van der Waals surface area contributed by atoms with Crippen molar-refractivity contribution >= 4 is 18.3 Å². The maximum Gasteiger partial charge on any atom is 0.260 e. The van der Waals surface area contributed by atoms with Crippen molar-refractivity contribution in [3.05, 3.63) is 29.8 Å². The lowest BCUT2D eigenvalue weighted by molar-refractivity contribution is -0.133. The Labute approximate surface area is 151 Å². The van der Waals surface area contributed by atoms with Crippen LogP contribution in [0.1, 0.15) is 51.0 Å². The fourth-order valence-corrected chi connectivity index (χ4v) is 3.64. The Morgan fingerprint density at radius 3 is 2.83 bits per heavy atom.